The Morgan fingerprint density at radius 3 is 2.64 bits per heavy atom. The first-order valence-electron chi connectivity index (χ1n) is 8.57. The van der Waals surface area contributed by atoms with Gasteiger partial charge in [0.15, 0.2) is 5.69 Å². The Kier molecular flexibility index (Phi) is 4.23. The van der Waals surface area contributed by atoms with Gasteiger partial charge in [0.25, 0.3) is 11.1 Å². The standard InChI is InChI=1S/C20H16N4O4/c1-12-6-5-9-24-16(25)10-13(21-18(12)24)11-28-20(27)17-14-7-3-4-8-15(14)19(26)23(2)22-17/h3-10H,11H2,1-2H3. The van der Waals surface area contributed by atoms with E-state index in [2.05, 4.69) is 10.1 Å². The van der Waals surface area contributed by atoms with E-state index < -0.39 is 5.97 Å². The number of hydrogen-bond donors (Lipinski definition) is 0. The number of esters is 1. The third-order valence-corrected chi connectivity index (χ3v) is 4.44. The zero-order valence-corrected chi connectivity index (χ0v) is 15.2. The van der Waals surface area contributed by atoms with E-state index >= 15 is 0 Å². The number of aromatic nitrogens is 4. The molecule has 4 aromatic rings. The number of ether oxygens (including phenoxy) is 1. The molecule has 8 nitrogen and oxygen atoms in total. The van der Waals surface area contributed by atoms with Crippen molar-refractivity contribution in [1.82, 2.24) is 19.2 Å². The van der Waals surface area contributed by atoms with Gasteiger partial charge in [-0.1, -0.05) is 24.3 Å². The molecule has 0 radical (unpaired) electrons. The minimum atomic E-state index is -0.696. The van der Waals surface area contributed by atoms with E-state index in [1.54, 1.807) is 36.5 Å². The number of carbonyl (C=O) groups excluding carboxylic acids is 1. The summed E-state index contributed by atoms with van der Waals surface area (Å²) < 4.78 is 7.87. The summed E-state index contributed by atoms with van der Waals surface area (Å²) in [5.74, 6) is -0.696. The Hall–Kier alpha value is -3.81. The average molecular weight is 376 g/mol. The molecule has 0 bridgehead atoms. The van der Waals surface area contributed by atoms with E-state index in [4.69, 9.17) is 4.74 Å². The highest BCUT2D eigenvalue weighted by Gasteiger charge is 2.17. The Morgan fingerprint density at radius 1 is 1.11 bits per heavy atom. The van der Waals surface area contributed by atoms with Gasteiger partial charge in [-0.3, -0.25) is 14.0 Å². The van der Waals surface area contributed by atoms with E-state index in [1.807, 2.05) is 13.0 Å². The highest BCUT2D eigenvalue weighted by Crippen LogP contribution is 2.15. The summed E-state index contributed by atoms with van der Waals surface area (Å²) in [4.78, 5) is 41.4. The fraction of sp³-hybridized carbons (Fsp3) is 0.150. The number of rotatable bonds is 3. The summed E-state index contributed by atoms with van der Waals surface area (Å²) in [6.07, 6.45) is 1.63. The lowest BCUT2D eigenvalue weighted by molar-refractivity contribution is 0.0460. The molecule has 0 amide bonds. The van der Waals surface area contributed by atoms with Crippen molar-refractivity contribution in [3.05, 3.63) is 86.3 Å². The first kappa shape index (κ1) is 17.6. The third-order valence-electron chi connectivity index (χ3n) is 4.44. The first-order valence-corrected chi connectivity index (χ1v) is 8.57. The summed E-state index contributed by atoms with van der Waals surface area (Å²) in [5.41, 5.74) is 1.15. The van der Waals surface area contributed by atoms with Gasteiger partial charge in [0.05, 0.1) is 11.1 Å². The number of hydrogen-bond acceptors (Lipinski definition) is 6. The first-order chi connectivity index (χ1) is 13.5. The monoisotopic (exact) mass is 376 g/mol. The molecule has 0 atom stereocenters. The lowest BCUT2D eigenvalue weighted by atomic mass is 10.1. The number of fused-ring (bicyclic) bond motifs is 2. The molecule has 0 aliphatic carbocycles. The van der Waals surface area contributed by atoms with Crippen LogP contribution in [0.15, 0.2) is 58.3 Å². The zero-order valence-electron chi connectivity index (χ0n) is 15.2. The van der Waals surface area contributed by atoms with Crippen molar-refractivity contribution >= 4 is 22.4 Å². The molecule has 4 rings (SSSR count). The second kappa shape index (κ2) is 6.73. The smallest absolute Gasteiger partial charge is 0.359 e. The normalized spacial score (nSPS) is 11.1. The zero-order chi connectivity index (χ0) is 19.8. The van der Waals surface area contributed by atoms with Gasteiger partial charge in [0.2, 0.25) is 0 Å². The van der Waals surface area contributed by atoms with Crippen LogP contribution in [0.4, 0.5) is 0 Å². The Labute approximate surface area is 158 Å². The highest BCUT2D eigenvalue weighted by atomic mass is 16.5. The molecule has 0 N–H and O–H groups in total. The summed E-state index contributed by atoms with van der Waals surface area (Å²) in [6, 6.07) is 11.6. The summed E-state index contributed by atoms with van der Waals surface area (Å²) in [5, 5.41) is 4.83. The van der Waals surface area contributed by atoms with Crippen molar-refractivity contribution in [3.63, 3.8) is 0 Å². The Morgan fingerprint density at radius 2 is 1.86 bits per heavy atom. The molecule has 3 aromatic heterocycles. The fourth-order valence-electron chi connectivity index (χ4n) is 3.04. The van der Waals surface area contributed by atoms with Gasteiger partial charge in [-0.05, 0) is 24.6 Å². The molecule has 0 fully saturated rings. The number of benzene rings is 1. The Balaban J connectivity index is 1.68. The van der Waals surface area contributed by atoms with Crippen LogP contribution in [0.5, 0.6) is 0 Å². The summed E-state index contributed by atoms with van der Waals surface area (Å²) in [7, 11) is 1.47. The molecule has 0 spiro atoms. The van der Waals surface area contributed by atoms with Gasteiger partial charge in [0.1, 0.15) is 12.3 Å². The second-order valence-electron chi connectivity index (χ2n) is 6.37. The van der Waals surface area contributed by atoms with Crippen LogP contribution in [0.1, 0.15) is 21.7 Å². The molecule has 0 aliphatic heterocycles. The van der Waals surface area contributed by atoms with E-state index in [0.29, 0.717) is 22.1 Å². The van der Waals surface area contributed by atoms with Gasteiger partial charge >= 0.3 is 5.97 Å². The van der Waals surface area contributed by atoms with Crippen LogP contribution in [0.2, 0.25) is 0 Å². The molecule has 3 heterocycles. The van der Waals surface area contributed by atoms with Gasteiger partial charge in [-0.2, -0.15) is 5.10 Å². The molecular formula is C20H16N4O4. The van der Waals surface area contributed by atoms with Gasteiger partial charge in [-0.25, -0.2) is 14.5 Å². The van der Waals surface area contributed by atoms with E-state index in [9.17, 15) is 14.4 Å². The molecule has 0 aliphatic rings. The van der Waals surface area contributed by atoms with Crippen molar-refractivity contribution in [3.8, 4) is 0 Å². The molecular weight excluding hydrogens is 360 g/mol. The minimum Gasteiger partial charge on any atom is -0.454 e. The predicted octanol–water partition coefficient (Wildman–Crippen LogP) is 1.61. The molecule has 0 unspecified atom stereocenters. The van der Waals surface area contributed by atoms with E-state index in [-0.39, 0.29) is 23.4 Å². The fourth-order valence-corrected chi connectivity index (χ4v) is 3.04. The van der Waals surface area contributed by atoms with Crippen LogP contribution in [0, 0.1) is 6.92 Å². The molecule has 1 aromatic carbocycles. The largest absolute Gasteiger partial charge is 0.454 e. The van der Waals surface area contributed by atoms with Crippen molar-refractivity contribution in [1.29, 1.82) is 0 Å². The molecule has 28 heavy (non-hydrogen) atoms. The number of carbonyl (C=O) groups is 1. The van der Waals surface area contributed by atoms with Crippen LogP contribution < -0.4 is 11.1 Å². The lowest BCUT2D eigenvalue weighted by Gasteiger charge is -2.09. The number of aryl methyl sites for hydroxylation is 2. The minimum absolute atomic E-state index is 0.0337. The molecule has 8 heteroatoms. The van der Waals surface area contributed by atoms with E-state index in [0.717, 1.165) is 10.2 Å². The Bertz CT molecular complexity index is 1350. The van der Waals surface area contributed by atoms with Crippen LogP contribution in [-0.4, -0.2) is 25.1 Å². The van der Waals surface area contributed by atoms with Gasteiger partial charge < -0.3 is 4.74 Å². The number of pyridine rings is 1. The highest BCUT2D eigenvalue weighted by molar-refractivity contribution is 6.02. The summed E-state index contributed by atoms with van der Waals surface area (Å²) in [6.45, 7) is 1.66. The van der Waals surface area contributed by atoms with Crippen LogP contribution in [-0.2, 0) is 18.4 Å². The van der Waals surface area contributed by atoms with Crippen molar-refractivity contribution < 1.29 is 9.53 Å². The molecule has 0 saturated heterocycles. The molecule has 140 valence electrons. The van der Waals surface area contributed by atoms with Gasteiger partial charge in [0, 0.05) is 24.7 Å². The van der Waals surface area contributed by atoms with Crippen LogP contribution >= 0.6 is 0 Å². The maximum Gasteiger partial charge on any atom is 0.359 e. The van der Waals surface area contributed by atoms with Crippen LogP contribution in [0.25, 0.3) is 16.4 Å². The maximum atomic E-state index is 12.6. The third kappa shape index (κ3) is 2.94. The second-order valence-corrected chi connectivity index (χ2v) is 6.37. The maximum absolute atomic E-state index is 12.6. The average Bonchev–Trinajstić information content (AvgIpc) is 2.70. The van der Waals surface area contributed by atoms with Crippen molar-refractivity contribution in [2.24, 2.45) is 7.05 Å². The van der Waals surface area contributed by atoms with E-state index in [1.165, 1.54) is 17.5 Å². The molecule has 0 saturated carbocycles. The topological polar surface area (TPSA) is 95.6 Å². The predicted molar refractivity (Wildman–Crippen MR) is 102 cm³/mol. The summed E-state index contributed by atoms with van der Waals surface area (Å²) >= 11 is 0. The van der Waals surface area contributed by atoms with Crippen molar-refractivity contribution in [2.75, 3.05) is 0 Å². The van der Waals surface area contributed by atoms with Crippen molar-refractivity contribution in [2.45, 2.75) is 13.5 Å². The van der Waals surface area contributed by atoms with Gasteiger partial charge in [-0.15, -0.1) is 0 Å². The van der Waals surface area contributed by atoms with Crippen LogP contribution in [0.3, 0.4) is 0 Å². The quantitative estimate of drug-likeness (QED) is 0.504. The SMILES string of the molecule is Cc1cccn2c(=O)cc(COC(=O)c3nn(C)c(=O)c4ccccc34)nc12. The number of nitrogens with zero attached hydrogens (tertiary/aromatic N) is 4. The lowest BCUT2D eigenvalue weighted by Crippen LogP contribution is -2.24.